The van der Waals surface area contributed by atoms with Gasteiger partial charge in [0.1, 0.15) is 6.54 Å². The molecule has 5 nitrogen and oxygen atoms in total. The molecule has 0 N–H and O–H groups in total. The number of nitrogens with zero attached hydrogens (tertiary/aromatic N) is 2. The molecule has 0 aliphatic carbocycles. The second kappa shape index (κ2) is 5.63. The number of aryl methyl sites for hydroxylation is 1. The molecule has 1 aromatic carbocycles. The maximum absolute atomic E-state index is 12.3. The van der Waals surface area contributed by atoms with E-state index in [1.54, 1.807) is 9.80 Å². The Morgan fingerprint density at radius 2 is 1.90 bits per heavy atom. The number of anilines is 1. The van der Waals surface area contributed by atoms with Crippen molar-refractivity contribution in [2.45, 2.75) is 12.8 Å². The summed E-state index contributed by atoms with van der Waals surface area (Å²) in [4.78, 5) is 27.8. The van der Waals surface area contributed by atoms with Crippen molar-refractivity contribution in [1.82, 2.24) is 4.90 Å². The van der Waals surface area contributed by atoms with E-state index >= 15 is 0 Å². The fourth-order valence-corrected chi connectivity index (χ4v) is 2.72. The summed E-state index contributed by atoms with van der Waals surface area (Å²) < 4.78 is 5.24. The minimum Gasteiger partial charge on any atom is -0.378 e. The summed E-state index contributed by atoms with van der Waals surface area (Å²) in [5.41, 5.74) is 2.02. The summed E-state index contributed by atoms with van der Waals surface area (Å²) in [7, 11) is 0. The van der Waals surface area contributed by atoms with Crippen LogP contribution in [0, 0.1) is 0 Å². The number of carbonyl (C=O) groups is 2. The van der Waals surface area contributed by atoms with Gasteiger partial charge in [-0.2, -0.15) is 0 Å². The highest BCUT2D eigenvalue weighted by molar-refractivity contribution is 6.01. The van der Waals surface area contributed by atoms with E-state index < -0.39 is 0 Å². The van der Waals surface area contributed by atoms with Gasteiger partial charge >= 0.3 is 0 Å². The Bertz CT molecular complexity index is 524. The summed E-state index contributed by atoms with van der Waals surface area (Å²) in [5.74, 6) is 0.0312. The molecule has 2 heterocycles. The number of para-hydroxylation sites is 1. The molecule has 1 aromatic rings. The molecule has 0 bridgehead atoms. The third-order valence-electron chi connectivity index (χ3n) is 3.85. The average molecular weight is 274 g/mol. The van der Waals surface area contributed by atoms with Gasteiger partial charge < -0.3 is 14.5 Å². The van der Waals surface area contributed by atoms with E-state index in [9.17, 15) is 9.59 Å². The molecule has 0 spiro atoms. The molecule has 1 saturated heterocycles. The summed E-state index contributed by atoms with van der Waals surface area (Å²) in [6.45, 7) is 2.52. The monoisotopic (exact) mass is 274 g/mol. The molecular formula is C15H18N2O3. The zero-order valence-electron chi connectivity index (χ0n) is 11.4. The minimum absolute atomic E-state index is 0.00152. The van der Waals surface area contributed by atoms with Crippen molar-refractivity contribution in [2.75, 3.05) is 37.7 Å². The quantitative estimate of drug-likeness (QED) is 0.802. The Kier molecular flexibility index (Phi) is 3.69. The predicted octanol–water partition coefficient (Wildman–Crippen LogP) is 0.825. The maximum Gasteiger partial charge on any atom is 0.242 e. The van der Waals surface area contributed by atoms with Gasteiger partial charge in [0, 0.05) is 25.2 Å². The zero-order chi connectivity index (χ0) is 13.9. The van der Waals surface area contributed by atoms with E-state index in [0.717, 1.165) is 17.7 Å². The van der Waals surface area contributed by atoms with Crippen LogP contribution in [0.3, 0.4) is 0 Å². The molecule has 0 saturated carbocycles. The lowest BCUT2D eigenvalue weighted by molar-refractivity contribution is -0.135. The Labute approximate surface area is 118 Å². The lowest BCUT2D eigenvalue weighted by atomic mass is 10.0. The molecule has 1 fully saturated rings. The van der Waals surface area contributed by atoms with Crippen LogP contribution in [0.2, 0.25) is 0 Å². The van der Waals surface area contributed by atoms with E-state index in [1.807, 2.05) is 24.3 Å². The highest BCUT2D eigenvalue weighted by atomic mass is 16.5. The van der Waals surface area contributed by atoms with Gasteiger partial charge in [-0.3, -0.25) is 9.59 Å². The number of hydrogen-bond acceptors (Lipinski definition) is 3. The second-order valence-corrected chi connectivity index (χ2v) is 5.10. The number of carbonyl (C=O) groups excluding carboxylic acids is 2. The maximum atomic E-state index is 12.3. The van der Waals surface area contributed by atoms with Gasteiger partial charge in [0.15, 0.2) is 0 Å². The van der Waals surface area contributed by atoms with E-state index in [-0.39, 0.29) is 18.4 Å². The molecule has 20 heavy (non-hydrogen) atoms. The Hall–Kier alpha value is -1.88. The van der Waals surface area contributed by atoms with Crippen LogP contribution < -0.4 is 4.90 Å². The van der Waals surface area contributed by atoms with E-state index in [4.69, 9.17) is 4.74 Å². The topological polar surface area (TPSA) is 49.9 Å². The van der Waals surface area contributed by atoms with Gasteiger partial charge in [0.2, 0.25) is 11.8 Å². The highest BCUT2D eigenvalue weighted by Gasteiger charge is 2.27. The van der Waals surface area contributed by atoms with Crippen LogP contribution in [-0.4, -0.2) is 49.6 Å². The molecule has 2 aliphatic heterocycles. The first-order valence-corrected chi connectivity index (χ1v) is 6.99. The van der Waals surface area contributed by atoms with E-state index in [1.165, 1.54) is 0 Å². The van der Waals surface area contributed by atoms with Crippen molar-refractivity contribution < 1.29 is 14.3 Å². The van der Waals surface area contributed by atoms with Gasteiger partial charge in [0.25, 0.3) is 0 Å². The molecule has 2 aliphatic rings. The van der Waals surface area contributed by atoms with Crippen molar-refractivity contribution in [1.29, 1.82) is 0 Å². The number of ether oxygens (including phenoxy) is 1. The number of fused-ring (bicyclic) bond motifs is 1. The molecule has 0 radical (unpaired) electrons. The first-order chi connectivity index (χ1) is 9.75. The number of hydrogen-bond donors (Lipinski definition) is 0. The van der Waals surface area contributed by atoms with Crippen molar-refractivity contribution in [2.24, 2.45) is 0 Å². The van der Waals surface area contributed by atoms with E-state index in [0.29, 0.717) is 32.7 Å². The van der Waals surface area contributed by atoms with Crippen molar-refractivity contribution in [3.05, 3.63) is 29.8 Å². The third kappa shape index (κ3) is 2.54. The standard InChI is InChI=1S/C15H18N2O3/c18-14-6-5-12-3-1-2-4-13(12)17(14)11-15(19)16-7-9-20-10-8-16/h1-4H,5-11H2. The number of rotatable bonds is 2. The normalized spacial score (nSPS) is 18.9. The van der Waals surface area contributed by atoms with Gasteiger partial charge in [0.05, 0.1) is 13.2 Å². The smallest absolute Gasteiger partial charge is 0.242 e. The molecule has 5 heteroatoms. The highest BCUT2D eigenvalue weighted by Crippen LogP contribution is 2.27. The van der Waals surface area contributed by atoms with Crippen LogP contribution in [0.15, 0.2) is 24.3 Å². The van der Waals surface area contributed by atoms with Crippen LogP contribution in [0.4, 0.5) is 5.69 Å². The Morgan fingerprint density at radius 3 is 2.70 bits per heavy atom. The fourth-order valence-electron chi connectivity index (χ4n) is 2.72. The van der Waals surface area contributed by atoms with Crippen molar-refractivity contribution in [3.8, 4) is 0 Å². The second-order valence-electron chi connectivity index (χ2n) is 5.10. The van der Waals surface area contributed by atoms with Gasteiger partial charge in [-0.15, -0.1) is 0 Å². The van der Waals surface area contributed by atoms with Crippen LogP contribution in [0.5, 0.6) is 0 Å². The predicted molar refractivity (Wildman–Crippen MR) is 74.5 cm³/mol. The molecule has 0 aromatic heterocycles. The SMILES string of the molecule is O=C(CN1C(=O)CCc2ccccc21)N1CCOCC1. The van der Waals surface area contributed by atoms with E-state index in [2.05, 4.69) is 0 Å². The van der Waals surface area contributed by atoms with Crippen molar-refractivity contribution >= 4 is 17.5 Å². The summed E-state index contributed by atoms with van der Waals surface area (Å²) in [6, 6.07) is 7.81. The van der Waals surface area contributed by atoms with Crippen molar-refractivity contribution in [3.63, 3.8) is 0 Å². The number of morpholine rings is 1. The Balaban J connectivity index is 1.76. The summed E-state index contributed by atoms with van der Waals surface area (Å²) in [6.07, 6.45) is 1.24. The molecule has 0 unspecified atom stereocenters. The van der Waals surface area contributed by atoms with Gasteiger partial charge in [-0.05, 0) is 18.1 Å². The lowest BCUT2D eigenvalue weighted by Gasteiger charge is -2.32. The third-order valence-corrected chi connectivity index (χ3v) is 3.85. The number of benzene rings is 1. The van der Waals surface area contributed by atoms with Crippen LogP contribution >= 0.6 is 0 Å². The first-order valence-electron chi connectivity index (χ1n) is 6.99. The van der Waals surface area contributed by atoms with Crippen LogP contribution in [0.1, 0.15) is 12.0 Å². The molecule has 3 rings (SSSR count). The lowest BCUT2D eigenvalue weighted by Crippen LogP contribution is -2.48. The molecule has 0 atom stereocenters. The van der Waals surface area contributed by atoms with Gasteiger partial charge in [-0.1, -0.05) is 18.2 Å². The zero-order valence-corrected chi connectivity index (χ0v) is 11.4. The molecule has 106 valence electrons. The van der Waals surface area contributed by atoms with Crippen LogP contribution in [0.25, 0.3) is 0 Å². The largest absolute Gasteiger partial charge is 0.378 e. The Morgan fingerprint density at radius 1 is 1.15 bits per heavy atom. The average Bonchev–Trinajstić information content (AvgIpc) is 2.51. The fraction of sp³-hybridized carbons (Fsp3) is 0.467. The van der Waals surface area contributed by atoms with Gasteiger partial charge in [-0.25, -0.2) is 0 Å². The molecular weight excluding hydrogens is 256 g/mol. The minimum atomic E-state index is -0.00152. The van der Waals surface area contributed by atoms with Crippen LogP contribution in [-0.2, 0) is 20.7 Å². The summed E-state index contributed by atoms with van der Waals surface area (Å²) in [5, 5.41) is 0. The summed E-state index contributed by atoms with van der Waals surface area (Å²) >= 11 is 0. The number of amides is 2. The first kappa shape index (κ1) is 13.1. The molecule has 2 amide bonds.